The molecule has 0 aliphatic rings. The number of hydrogen-bond donors (Lipinski definition) is 2. The Bertz CT molecular complexity index is 931. The topological polar surface area (TPSA) is 79.8 Å². The number of aliphatic imine (C=N–C) groups is 1. The van der Waals surface area contributed by atoms with E-state index >= 15 is 0 Å². The van der Waals surface area contributed by atoms with Crippen LogP contribution in [0.2, 0.25) is 0 Å². The Morgan fingerprint density at radius 1 is 1.07 bits per heavy atom. The number of sulfone groups is 1. The molecule has 0 unspecified atom stereocenters. The number of halogens is 1. The number of rotatable bonds is 8. The fourth-order valence-electron chi connectivity index (χ4n) is 2.79. The third kappa shape index (κ3) is 8.22. The summed E-state index contributed by atoms with van der Waals surface area (Å²) in [4.78, 5) is 4.60. The minimum Gasteiger partial charge on any atom is -0.494 e. The van der Waals surface area contributed by atoms with E-state index in [1.807, 2.05) is 36.4 Å². The first-order valence-corrected chi connectivity index (χ1v) is 11.2. The molecule has 6 nitrogen and oxygen atoms in total. The summed E-state index contributed by atoms with van der Waals surface area (Å²) in [5, 5.41) is 6.53. The summed E-state index contributed by atoms with van der Waals surface area (Å²) < 4.78 is 29.1. The van der Waals surface area contributed by atoms with Gasteiger partial charge in [-0.2, -0.15) is 0 Å². The monoisotopic (exact) mass is 531 g/mol. The van der Waals surface area contributed by atoms with Gasteiger partial charge in [0.15, 0.2) is 15.8 Å². The van der Waals surface area contributed by atoms with Gasteiger partial charge in [-0.25, -0.2) is 8.42 Å². The van der Waals surface area contributed by atoms with Crippen molar-refractivity contribution in [2.24, 2.45) is 4.99 Å². The first-order valence-electron chi connectivity index (χ1n) is 9.29. The molecule has 0 aliphatic heterocycles. The molecule has 0 heterocycles. The van der Waals surface area contributed by atoms with Crippen LogP contribution in [0, 0.1) is 6.92 Å². The van der Waals surface area contributed by atoms with Crippen LogP contribution in [-0.4, -0.2) is 34.3 Å². The molecule has 0 fully saturated rings. The van der Waals surface area contributed by atoms with Crippen molar-refractivity contribution in [2.45, 2.75) is 38.3 Å². The van der Waals surface area contributed by atoms with Crippen molar-refractivity contribution in [3.63, 3.8) is 0 Å². The van der Waals surface area contributed by atoms with E-state index in [2.05, 4.69) is 22.5 Å². The maximum atomic E-state index is 11.7. The smallest absolute Gasteiger partial charge is 0.191 e. The van der Waals surface area contributed by atoms with Gasteiger partial charge in [0.25, 0.3) is 0 Å². The predicted octanol–water partition coefficient (Wildman–Crippen LogP) is 3.67. The zero-order chi connectivity index (χ0) is 20.6. The van der Waals surface area contributed by atoms with Gasteiger partial charge in [-0.1, -0.05) is 31.2 Å². The number of ether oxygens (including phenoxy) is 1. The Labute approximate surface area is 191 Å². The van der Waals surface area contributed by atoms with Crippen molar-refractivity contribution >= 4 is 39.8 Å². The highest BCUT2D eigenvalue weighted by atomic mass is 127. The Kier molecular flexibility index (Phi) is 10.5. The van der Waals surface area contributed by atoms with Gasteiger partial charge < -0.3 is 15.4 Å². The van der Waals surface area contributed by atoms with Crippen LogP contribution in [0.1, 0.15) is 30.0 Å². The van der Waals surface area contributed by atoms with Crippen LogP contribution in [0.5, 0.6) is 5.75 Å². The number of hydrogen-bond acceptors (Lipinski definition) is 4. The van der Waals surface area contributed by atoms with Crippen LogP contribution in [-0.2, 0) is 22.9 Å². The maximum absolute atomic E-state index is 11.7. The lowest BCUT2D eigenvalue weighted by Gasteiger charge is -2.13. The summed E-state index contributed by atoms with van der Waals surface area (Å²) in [7, 11) is -1.49. The van der Waals surface area contributed by atoms with Gasteiger partial charge >= 0.3 is 0 Å². The molecule has 2 N–H and O–H groups in total. The largest absolute Gasteiger partial charge is 0.494 e. The lowest BCUT2D eigenvalue weighted by molar-refractivity contribution is 0.317. The van der Waals surface area contributed by atoms with Crippen molar-refractivity contribution in [1.82, 2.24) is 10.6 Å². The van der Waals surface area contributed by atoms with Crippen LogP contribution in [0.4, 0.5) is 0 Å². The zero-order valence-electron chi connectivity index (χ0n) is 17.4. The maximum Gasteiger partial charge on any atom is 0.191 e. The van der Waals surface area contributed by atoms with Crippen LogP contribution in [0.25, 0.3) is 0 Å². The first kappa shape index (κ1) is 25.2. The van der Waals surface area contributed by atoms with Gasteiger partial charge in [-0.3, -0.25) is 4.99 Å². The Hall–Kier alpha value is -1.81. The van der Waals surface area contributed by atoms with Gasteiger partial charge in [0.2, 0.25) is 0 Å². The molecule has 0 radical (unpaired) electrons. The Morgan fingerprint density at radius 3 is 2.28 bits per heavy atom. The zero-order valence-corrected chi connectivity index (χ0v) is 20.5. The molecule has 0 amide bonds. The molecule has 0 bridgehead atoms. The molecule has 0 saturated heterocycles. The summed E-state index contributed by atoms with van der Waals surface area (Å²) in [6.45, 7) is 5.76. The summed E-state index contributed by atoms with van der Waals surface area (Å²) >= 11 is 0. The highest BCUT2D eigenvalue weighted by Gasteiger charge is 2.11. The Morgan fingerprint density at radius 2 is 1.72 bits per heavy atom. The third-order valence-electron chi connectivity index (χ3n) is 4.15. The van der Waals surface area contributed by atoms with Gasteiger partial charge in [0.1, 0.15) is 5.75 Å². The van der Waals surface area contributed by atoms with Crippen LogP contribution >= 0.6 is 24.0 Å². The molecule has 160 valence electrons. The number of aryl methyl sites for hydroxylation is 1. The fraction of sp³-hybridized carbons (Fsp3) is 0.381. The lowest BCUT2D eigenvalue weighted by Crippen LogP contribution is -2.36. The first-order chi connectivity index (χ1) is 13.3. The second kappa shape index (κ2) is 12.0. The number of nitrogens with one attached hydrogen (secondary N) is 2. The normalized spacial score (nSPS) is 11.5. The van der Waals surface area contributed by atoms with Gasteiger partial charge in [0, 0.05) is 26.4 Å². The molecule has 0 saturated carbocycles. The summed E-state index contributed by atoms with van der Waals surface area (Å²) in [5.41, 5.74) is 2.83. The van der Waals surface area contributed by atoms with Gasteiger partial charge in [-0.15, -0.1) is 24.0 Å². The van der Waals surface area contributed by atoms with E-state index in [4.69, 9.17) is 4.74 Å². The van der Waals surface area contributed by atoms with E-state index in [0.717, 1.165) is 28.9 Å². The lowest BCUT2D eigenvalue weighted by atomic mass is 10.1. The predicted molar refractivity (Wildman–Crippen MR) is 129 cm³/mol. The molecule has 0 atom stereocenters. The second-order valence-corrected chi connectivity index (χ2v) is 8.63. The van der Waals surface area contributed by atoms with Crippen LogP contribution in [0.3, 0.4) is 0 Å². The van der Waals surface area contributed by atoms with E-state index in [9.17, 15) is 8.42 Å². The molecule has 2 aromatic carbocycles. The molecular formula is C21H30IN3O3S. The minimum atomic E-state index is -3.20. The van der Waals surface area contributed by atoms with E-state index in [-0.39, 0.29) is 24.0 Å². The fourth-order valence-corrected chi connectivity index (χ4v) is 3.75. The van der Waals surface area contributed by atoms with Crippen molar-refractivity contribution in [2.75, 3.05) is 19.9 Å². The molecule has 0 aliphatic carbocycles. The highest BCUT2D eigenvalue weighted by molar-refractivity contribution is 14.0. The van der Waals surface area contributed by atoms with Gasteiger partial charge in [-0.05, 0) is 48.2 Å². The average Bonchev–Trinajstić information content (AvgIpc) is 2.66. The minimum absolute atomic E-state index is 0. The van der Waals surface area contributed by atoms with Crippen molar-refractivity contribution < 1.29 is 13.2 Å². The second-order valence-electron chi connectivity index (χ2n) is 6.65. The van der Waals surface area contributed by atoms with Crippen LogP contribution < -0.4 is 15.4 Å². The quantitative estimate of drug-likeness (QED) is 0.309. The van der Waals surface area contributed by atoms with Crippen molar-refractivity contribution in [3.05, 3.63) is 59.2 Å². The van der Waals surface area contributed by atoms with Crippen molar-refractivity contribution in [3.8, 4) is 5.75 Å². The van der Waals surface area contributed by atoms with Gasteiger partial charge in [0.05, 0.1) is 11.5 Å². The molecule has 2 rings (SSSR count). The molecule has 0 spiro atoms. The standard InChI is InChI=1S/C21H29N3O3S.HI/c1-5-11-27-19-8-6-7-17(13-19)14-23-21(22-3)24-15-18-9-10-20(16(2)12-18)28(4,25)26;/h6-10,12-13H,5,11,14-15H2,1-4H3,(H2,22,23,24);1H. The molecule has 29 heavy (non-hydrogen) atoms. The van der Waals surface area contributed by atoms with E-state index in [1.54, 1.807) is 20.0 Å². The average molecular weight is 531 g/mol. The molecule has 2 aromatic rings. The molecular weight excluding hydrogens is 501 g/mol. The Balaban J connectivity index is 0.00000420. The van der Waals surface area contributed by atoms with E-state index < -0.39 is 9.84 Å². The van der Waals surface area contributed by atoms with Crippen molar-refractivity contribution in [1.29, 1.82) is 0 Å². The summed E-state index contributed by atoms with van der Waals surface area (Å²) in [6.07, 6.45) is 2.20. The molecule has 0 aromatic heterocycles. The SMILES string of the molecule is CCCOc1cccc(CNC(=NC)NCc2ccc(S(C)(=O)=O)c(C)c2)c1.I. The number of nitrogens with zero attached hydrogens (tertiary/aromatic N) is 1. The summed E-state index contributed by atoms with van der Waals surface area (Å²) in [6, 6.07) is 13.3. The number of guanidine groups is 1. The van der Waals surface area contributed by atoms with Crippen LogP contribution in [0.15, 0.2) is 52.4 Å². The van der Waals surface area contributed by atoms with E-state index in [0.29, 0.717) is 30.6 Å². The molecule has 8 heteroatoms. The number of benzene rings is 2. The third-order valence-corrected chi connectivity index (χ3v) is 5.41. The highest BCUT2D eigenvalue weighted by Crippen LogP contribution is 2.16. The van der Waals surface area contributed by atoms with E-state index in [1.165, 1.54) is 6.26 Å². The summed E-state index contributed by atoms with van der Waals surface area (Å²) in [5.74, 6) is 1.54.